The maximum Gasteiger partial charge on any atom is 0.323 e. The van der Waals surface area contributed by atoms with Gasteiger partial charge in [0, 0.05) is 19.1 Å². The largest absolute Gasteiger partial charge is 0.463 e. The van der Waals surface area contributed by atoms with E-state index in [4.69, 9.17) is 10.6 Å². The predicted molar refractivity (Wildman–Crippen MR) is 77.6 cm³/mol. The third-order valence-electron chi connectivity index (χ3n) is 3.10. The van der Waals surface area contributed by atoms with Crippen molar-refractivity contribution in [3.8, 4) is 6.01 Å². The van der Waals surface area contributed by atoms with Crippen molar-refractivity contribution >= 4 is 11.9 Å². The molecule has 1 aliphatic carbocycles. The maximum atomic E-state index is 5.41. The zero-order valence-electron chi connectivity index (χ0n) is 12.1. The third-order valence-corrected chi connectivity index (χ3v) is 3.10. The highest BCUT2D eigenvalue weighted by atomic mass is 16.5. The second-order valence-corrected chi connectivity index (χ2v) is 4.90. The minimum Gasteiger partial charge on any atom is -0.463 e. The Bertz CT molecular complexity index is 424. The molecule has 0 radical (unpaired) electrons. The first-order chi connectivity index (χ1) is 9.72. The Balaban J connectivity index is 1.87. The molecular formula is C12H23N7O. The summed E-state index contributed by atoms with van der Waals surface area (Å²) in [5, 5.41) is 3.17. The van der Waals surface area contributed by atoms with E-state index in [1.165, 1.54) is 12.8 Å². The van der Waals surface area contributed by atoms with E-state index in [2.05, 4.69) is 37.6 Å². The molecule has 0 amide bonds. The van der Waals surface area contributed by atoms with Crippen molar-refractivity contribution in [1.82, 2.24) is 19.9 Å². The first kappa shape index (κ1) is 14.7. The average Bonchev–Trinajstić information content (AvgIpc) is 3.29. The van der Waals surface area contributed by atoms with E-state index in [0.717, 1.165) is 25.6 Å². The number of likely N-dealkylation sites (N-methyl/N-ethyl adjacent to an activating group) is 1. The van der Waals surface area contributed by atoms with Gasteiger partial charge in [0.05, 0.1) is 6.61 Å². The molecule has 0 spiro atoms. The van der Waals surface area contributed by atoms with Crippen LogP contribution in [0.3, 0.4) is 0 Å². The number of nitrogen functional groups attached to an aromatic ring is 1. The van der Waals surface area contributed by atoms with Gasteiger partial charge >= 0.3 is 6.01 Å². The van der Waals surface area contributed by atoms with E-state index in [9.17, 15) is 0 Å². The first-order valence-electron chi connectivity index (χ1n) is 7.02. The highest BCUT2D eigenvalue weighted by Gasteiger charge is 2.25. The van der Waals surface area contributed by atoms with Crippen molar-refractivity contribution in [2.24, 2.45) is 5.84 Å². The molecular weight excluding hydrogens is 258 g/mol. The van der Waals surface area contributed by atoms with Gasteiger partial charge in [0.1, 0.15) is 0 Å². The van der Waals surface area contributed by atoms with Crippen molar-refractivity contribution < 1.29 is 4.74 Å². The minimum atomic E-state index is 0.285. The van der Waals surface area contributed by atoms with Gasteiger partial charge in [-0.2, -0.15) is 15.0 Å². The molecule has 0 saturated heterocycles. The lowest BCUT2D eigenvalue weighted by atomic mass is 10.5. The monoisotopic (exact) mass is 281 g/mol. The second kappa shape index (κ2) is 7.20. The van der Waals surface area contributed by atoms with Crippen LogP contribution in [-0.4, -0.2) is 52.6 Å². The molecule has 0 aromatic carbocycles. The van der Waals surface area contributed by atoms with Crippen LogP contribution in [0.4, 0.5) is 11.9 Å². The summed E-state index contributed by atoms with van der Waals surface area (Å²) in [4.78, 5) is 14.7. The van der Waals surface area contributed by atoms with Crippen LogP contribution < -0.4 is 21.3 Å². The summed E-state index contributed by atoms with van der Waals surface area (Å²) < 4.78 is 5.41. The number of rotatable bonds is 9. The highest BCUT2D eigenvalue weighted by Crippen LogP contribution is 2.24. The molecule has 0 atom stereocenters. The Labute approximate surface area is 119 Å². The number of hydrogen-bond donors (Lipinski definition) is 3. The Morgan fingerprint density at radius 2 is 2.05 bits per heavy atom. The number of nitrogens with zero attached hydrogens (tertiary/aromatic N) is 4. The van der Waals surface area contributed by atoms with Gasteiger partial charge in [0.25, 0.3) is 0 Å². The Hall–Kier alpha value is -1.67. The van der Waals surface area contributed by atoms with E-state index in [-0.39, 0.29) is 6.01 Å². The molecule has 4 N–H and O–H groups in total. The first-order valence-corrected chi connectivity index (χ1v) is 7.02. The Morgan fingerprint density at radius 1 is 1.30 bits per heavy atom. The lowest BCUT2D eigenvalue weighted by Crippen LogP contribution is -2.27. The van der Waals surface area contributed by atoms with Gasteiger partial charge in [-0.1, -0.05) is 6.92 Å². The maximum absolute atomic E-state index is 5.41. The van der Waals surface area contributed by atoms with Crippen LogP contribution in [0.25, 0.3) is 0 Å². The van der Waals surface area contributed by atoms with Gasteiger partial charge in [-0.15, -0.1) is 0 Å². The minimum absolute atomic E-state index is 0.285. The van der Waals surface area contributed by atoms with Crippen LogP contribution in [0, 0.1) is 0 Å². The second-order valence-electron chi connectivity index (χ2n) is 4.90. The molecule has 20 heavy (non-hydrogen) atoms. The van der Waals surface area contributed by atoms with E-state index in [1.54, 1.807) is 0 Å². The Kier molecular flexibility index (Phi) is 5.31. The van der Waals surface area contributed by atoms with E-state index in [0.29, 0.717) is 18.5 Å². The zero-order valence-corrected chi connectivity index (χ0v) is 12.1. The van der Waals surface area contributed by atoms with Gasteiger partial charge in [0.15, 0.2) is 0 Å². The Morgan fingerprint density at radius 3 is 2.70 bits per heavy atom. The summed E-state index contributed by atoms with van der Waals surface area (Å²) in [5.41, 5.74) is 2.42. The van der Waals surface area contributed by atoms with Crippen LogP contribution >= 0.6 is 0 Å². The third kappa shape index (κ3) is 4.46. The van der Waals surface area contributed by atoms with Crippen molar-refractivity contribution in [3.05, 3.63) is 0 Å². The van der Waals surface area contributed by atoms with Crippen LogP contribution in [0.5, 0.6) is 6.01 Å². The van der Waals surface area contributed by atoms with Crippen LogP contribution in [0.1, 0.15) is 26.2 Å². The quantitative estimate of drug-likeness (QED) is 0.443. The topological polar surface area (TPSA) is 101 Å². The molecule has 1 fully saturated rings. The number of hydrogen-bond acceptors (Lipinski definition) is 8. The van der Waals surface area contributed by atoms with Crippen molar-refractivity contribution in [3.63, 3.8) is 0 Å². The van der Waals surface area contributed by atoms with E-state index in [1.807, 2.05) is 6.92 Å². The fourth-order valence-corrected chi connectivity index (χ4v) is 1.80. The molecule has 0 unspecified atom stereocenters. The normalized spacial score (nSPS) is 14.4. The summed E-state index contributed by atoms with van der Waals surface area (Å²) in [6.45, 7) is 4.31. The van der Waals surface area contributed by atoms with E-state index < -0.39 is 0 Å². The van der Waals surface area contributed by atoms with Gasteiger partial charge in [-0.3, -0.25) is 5.43 Å². The number of hydrazine groups is 1. The van der Waals surface area contributed by atoms with Gasteiger partial charge < -0.3 is 15.0 Å². The van der Waals surface area contributed by atoms with Crippen LogP contribution in [0.2, 0.25) is 0 Å². The molecule has 1 heterocycles. The molecule has 1 aromatic rings. The molecule has 1 aliphatic rings. The van der Waals surface area contributed by atoms with E-state index >= 15 is 0 Å². The smallest absolute Gasteiger partial charge is 0.323 e. The fraction of sp³-hybridized carbons (Fsp3) is 0.750. The lowest BCUT2D eigenvalue weighted by Gasteiger charge is -2.15. The van der Waals surface area contributed by atoms with Crippen LogP contribution in [-0.2, 0) is 0 Å². The van der Waals surface area contributed by atoms with Gasteiger partial charge in [-0.05, 0) is 26.3 Å². The molecule has 0 bridgehead atoms. The van der Waals surface area contributed by atoms with Gasteiger partial charge in [0.2, 0.25) is 11.9 Å². The predicted octanol–water partition coefficient (Wildman–Crippen LogP) is 0.452. The van der Waals surface area contributed by atoms with Crippen LogP contribution in [0.15, 0.2) is 0 Å². The summed E-state index contributed by atoms with van der Waals surface area (Å²) in [5.74, 6) is 6.12. The summed E-state index contributed by atoms with van der Waals surface area (Å²) >= 11 is 0. The summed E-state index contributed by atoms with van der Waals surface area (Å²) in [6.07, 6.45) is 3.50. The zero-order chi connectivity index (χ0) is 14.4. The molecule has 8 nitrogen and oxygen atoms in total. The number of aromatic nitrogens is 3. The number of anilines is 2. The van der Waals surface area contributed by atoms with Crippen molar-refractivity contribution in [2.45, 2.75) is 32.2 Å². The molecule has 1 aromatic heterocycles. The standard InChI is InChI=1S/C12H23N7O/c1-3-8-20-12-16-10(15-11(17-12)18-13)14-6-7-19(2)9-4-5-9/h9H,3-8,13H2,1-2H3,(H2,14,15,16,17,18). The SMILES string of the molecule is CCCOc1nc(NN)nc(NCCN(C)C2CC2)n1. The van der Waals surface area contributed by atoms with Gasteiger partial charge in [-0.25, -0.2) is 5.84 Å². The molecule has 8 heteroatoms. The number of ether oxygens (including phenoxy) is 1. The summed E-state index contributed by atoms with van der Waals surface area (Å²) in [7, 11) is 2.13. The number of nitrogens with one attached hydrogen (secondary N) is 2. The highest BCUT2D eigenvalue weighted by molar-refractivity contribution is 5.34. The lowest BCUT2D eigenvalue weighted by molar-refractivity contribution is 0.292. The number of nitrogens with two attached hydrogens (primary N) is 1. The molecule has 0 aliphatic heterocycles. The van der Waals surface area contributed by atoms with Crippen molar-refractivity contribution in [2.75, 3.05) is 37.5 Å². The fourth-order valence-electron chi connectivity index (χ4n) is 1.80. The molecule has 2 rings (SSSR count). The summed E-state index contributed by atoms with van der Waals surface area (Å²) in [6, 6.07) is 1.03. The molecule has 112 valence electrons. The van der Waals surface area contributed by atoms with Crippen molar-refractivity contribution in [1.29, 1.82) is 0 Å². The average molecular weight is 281 g/mol. The molecule has 1 saturated carbocycles.